The van der Waals surface area contributed by atoms with Gasteiger partial charge in [0.15, 0.2) is 0 Å². The van der Waals surface area contributed by atoms with Crippen LogP contribution in [0.4, 0.5) is 4.79 Å². The second-order valence-electron chi connectivity index (χ2n) is 11.2. The summed E-state index contributed by atoms with van der Waals surface area (Å²) in [7, 11) is 0. The average molecular weight is 490 g/mol. The van der Waals surface area contributed by atoms with E-state index in [4.69, 9.17) is 4.74 Å². The van der Waals surface area contributed by atoms with Crippen LogP contribution in [0.15, 0.2) is 18.2 Å². The molecule has 3 unspecified atom stereocenters. The second-order valence-corrected chi connectivity index (χ2v) is 11.2. The number of hydrogen-bond acceptors (Lipinski definition) is 4. The van der Waals surface area contributed by atoms with Crippen molar-refractivity contribution in [3.8, 4) is 0 Å². The Labute approximate surface area is 212 Å². The highest BCUT2D eigenvalue weighted by atomic mass is 16.6. The Bertz CT molecular complexity index is 873. The number of aryl methyl sites for hydroxylation is 1. The van der Waals surface area contributed by atoms with E-state index in [1.807, 2.05) is 73.6 Å². The maximum Gasteiger partial charge on any atom is 0.408 e. The predicted molar refractivity (Wildman–Crippen MR) is 141 cm³/mol. The zero-order valence-electron chi connectivity index (χ0n) is 23.6. The molecule has 0 radical (unpaired) electrons. The van der Waals surface area contributed by atoms with Gasteiger partial charge < -0.3 is 20.3 Å². The molecule has 0 fully saturated rings. The van der Waals surface area contributed by atoms with E-state index < -0.39 is 23.8 Å². The summed E-state index contributed by atoms with van der Waals surface area (Å²) in [6.07, 6.45) is 0.440. The SMILES string of the molecule is CCC(C)N(C(=O)C(CC(C)C)NC(=O)OC(C)(C)C)C(C(=O)NC(C)C)c1cccc(C)c1C. The Balaban J connectivity index is 3.61. The molecule has 1 aromatic rings. The van der Waals surface area contributed by atoms with Crippen LogP contribution in [0.3, 0.4) is 0 Å². The third-order valence-electron chi connectivity index (χ3n) is 5.91. The Hall–Kier alpha value is -2.57. The fourth-order valence-electron chi connectivity index (χ4n) is 3.97. The molecular weight excluding hydrogens is 442 g/mol. The zero-order chi connectivity index (χ0) is 27.1. The molecule has 0 saturated heterocycles. The van der Waals surface area contributed by atoms with Gasteiger partial charge in [0.05, 0.1) is 0 Å². The molecular formula is C28H47N3O4. The third-order valence-corrected chi connectivity index (χ3v) is 5.91. The van der Waals surface area contributed by atoms with E-state index in [1.54, 1.807) is 25.7 Å². The molecule has 7 nitrogen and oxygen atoms in total. The first-order valence-corrected chi connectivity index (χ1v) is 12.8. The van der Waals surface area contributed by atoms with Gasteiger partial charge in [-0.3, -0.25) is 9.59 Å². The maximum atomic E-state index is 14.2. The molecule has 1 aromatic carbocycles. The highest BCUT2D eigenvalue weighted by molar-refractivity contribution is 5.92. The summed E-state index contributed by atoms with van der Waals surface area (Å²) in [6, 6.07) is 3.85. The van der Waals surface area contributed by atoms with Crippen molar-refractivity contribution in [3.63, 3.8) is 0 Å². The smallest absolute Gasteiger partial charge is 0.408 e. The summed E-state index contributed by atoms with van der Waals surface area (Å²) in [5.74, 6) is -0.382. The molecule has 0 aliphatic carbocycles. The number of amides is 3. The number of benzene rings is 1. The van der Waals surface area contributed by atoms with Gasteiger partial charge in [0.2, 0.25) is 11.8 Å². The van der Waals surface area contributed by atoms with Crippen LogP contribution in [0.1, 0.15) is 97.9 Å². The number of ether oxygens (including phenoxy) is 1. The van der Waals surface area contributed by atoms with Crippen LogP contribution in [0.2, 0.25) is 0 Å². The number of carbonyl (C=O) groups excluding carboxylic acids is 3. The van der Waals surface area contributed by atoms with E-state index in [-0.39, 0.29) is 29.8 Å². The fourth-order valence-corrected chi connectivity index (χ4v) is 3.97. The molecule has 3 amide bonds. The molecule has 35 heavy (non-hydrogen) atoms. The standard InChI is InChI=1S/C28H47N3O4/c1-12-20(7)31(26(33)23(16-17(2)3)30-27(34)35-28(9,10)11)24(25(32)29-18(4)5)22-15-13-14-19(6)21(22)8/h13-15,17-18,20,23-24H,12,16H2,1-11H3,(H,29,32)(H,30,34). The molecule has 0 aliphatic rings. The number of nitrogens with zero attached hydrogens (tertiary/aromatic N) is 1. The Morgan fingerprint density at radius 2 is 1.60 bits per heavy atom. The summed E-state index contributed by atoms with van der Waals surface area (Å²) in [4.78, 5) is 42.1. The van der Waals surface area contributed by atoms with Crippen molar-refractivity contribution >= 4 is 17.9 Å². The molecule has 0 heterocycles. The fraction of sp³-hybridized carbons (Fsp3) is 0.679. The minimum absolute atomic E-state index is 0.0876. The van der Waals surface area contributed by atoms with Crippen LogP contribution in [0, 0.1) is 19.8 Å². The highest BCUT2D eigenvalue weighted by Crippen LogP contribution is 2.30. The number of rotatable bonds is 10. The summed E-state index contributed by atoms with van der Waals surface area (Å²) >= 11 is 0. The number of carbonyl (C=O) groups is 3. The summed E-state index contributed by atoms with van der Waals surface area (Å²) in [5.41, 5.74) is 2.12. The minimum Gasteiger partial charge on any atom is -0.444 e. The lowest BCUT2D eigenvalue weighted by Gasteiger charge is -2.39. The van der Waals surface area contributed by atoms with Crippen molar-refractivity contribution in [2.45, 2.75) is 119 Å². The monoisotopic (exact) mass is 489 g/mol. The van der Waals surface area contributed by atoms with Crippen LogP contribution in [0.5, 0.6) is 0 Å². The van der Waals surface area contributed by atoms with Crippen molar-refractivity contribution in [2.24, 2.45) is 5.92 Å². The molecule has 2 N–H and O–H groups in total. The molecule has 0 spiro atoms. The lowest BCUT2D eigenvalue weighted by molar-refractivity contribution is -0.145. The number of alkyl carbamates (subject to hydrolysis) is 1. The van der Waals surface area contributed by atoms with E-state index in [0.29, 0.717) is 12.8 Å². The van der Waals surface area contributed by atoms with E-state index in [0.717, 1.165) is 16.7 Å². The van der Waals surface area contributed by atoms with Gasteiger partial charge >= 0.3 is 6.09 Å². The predicted octanol–water partition coefficient (Wildman–Crippen LogP) is 5.44. The van der Waals surface area contributed by atoms with Gasteiger partial charge in [-0.1, -0.05) is 39.0 Å². The molecule has 0 aliphatic heterocycles. The van der Waals surface area contributed by atoms with Crippen LogP contribution in [0.25, 0.3) is 0 Å². The molecule has 0 aromatic heterocycles. The van der Waals surface area contributed by atoms with E-state index >= 15 is 0 Å². The molecule has 0 saturated carbocycles. The zero-order valence-corrected chi connectivity index (χ0v) is 23.6. The molecule has 7 heteroatoms. The van der Waals surface area contributed by atoms with E-state index in [9.17, 15) is 14.4 Å². The first kappa shape index (κ1) is 30.5. The first-order valence-electron chi connectivity index (χ1n) is 12.8. The van der Waals surface area contributed by atoms with Gasteiger partial charge in [0.25, 0.3) is 0 Å². The lowest BCUT2D eigenvalue weighted by Crippen LogP contribution is -2.56. The van der Waals surface area contributed by atoms with E-state index in [2.05, 4.69) is 10.6 Å². The number of hydrogen-bond donors (Lipinski definition) is 2. The Morgan fingerprint density at radius 3 is 2.09 bits per heavy atom. The van der Waals surface area contributed by atoms with Gasteiger partial charge in [-0.2, -0.15) is 0 Å². The summed E-state index contributed by atoms with van der Waals surface area (Å²) in [6.45, 7) is 21.1. The molecule has 0 bridgehead atoms. The van der Waals surface area contributed by atoms with E-state index in [1.165, 1.54) is 0 Å². The largest absolute Gasteiger partial charge is 0.444 e. The third kappa shape index (κ3) is 9.19. The second kappa shape index (κ2) is 12.9. The average Bonchev–Trinajstić information content (AvgIpc) is 2.70. The van der Waals surface area contributed by atoms with Gasteiger partial charge in [-0.05, 0) is 90.8 Å². The maximum absolute atomic E-state index is 14.2. The van der Waals surface area contributed by atoms with Gasteiger partial charge in [-0.15, -0.1) is 0 Å². The molecule has 3 atom stereocenters. The van der Waals surface area contributed by atoms with Crippen molar-refractivity contribution in [1.82, 2.24) is 15.5 Å². The molecule has 1 rings (SSSR count). The molecule has 198 valence electrons. The first-order chi connectivity index (χ1) is 16.1. The van der Waals surface area contributed by atoms with Crippen molar-refractivity contribution in [1.29, 1.82) is 0 Å². The van der Waals surface area contributed by atoms with Crippen LogP contribution in [-0.2, 0) is 14.3 Å². The normalized spacial score (nSPS) is 14.3. The number of nitrogens with one attached hydrogen (secondary N) is 2. The summed E-state index contributed by atoms with van der Waals surface area (Å²) < 4.78 is 5.45. The van der Waals surface area contributed by atoms with Crippen LogP contribution >= 0.6 is 0 Å². The quantitative estimate of drug-likeness (QED) is 0.458. The van der Waals surface area contributed by atoms with Crippen molar-refractivity contribution < 1.29 is 19.1 Å². The van der Waals surface area contributed by atoms with Gasteiger partial charge in [0, 0.05) is 12.1 Å². The summed E-state index contributed by atoms with van der Waals surface area (Å²) in [5, 5.41) is 5.80. The van der Waals surface area contributed by atoms with Gasteiger partial charge in [0.1, 0.15) is 17.7 Å². The Morgan fingerprint density at radius 1 is 1.00 bits per heavy atom. The minimum atomic E-state index is -0.824. The lowest BCUT2D eigenvalue weighted by atomic mass is 9.92. The van der Waals surface area contributed by atoms with Crippen LogP contribution in [-0.4, -0.2) is 46.5 Å². The topological polar surface area (TPSA) is 87.7 Å². The highest BCUT2D eigenvalue weighted by Gasteiger charge is 2.39. The Kier molecular flexibility index (Phi) is 11.3. The van der Waals surface area contributed by atoms with Gasteiger partial charge in [-0.25, -0.2) is 4.79 Å². The van der Waals surface area contributed by atoms with Crippen molar-refractivity contribution in [2.75, 3.05) is 0 Å². The van der Waals surface area contributed by atoms with Crippen molar-refractivity contribution in [3.05, 3.63) is 34.9 Å². The van der Waals surface area contributed by atoms with Crippen LogP contribution < -0.4 is 10.6 Å².